The van der Waals surface area contributed by atoms with E-state index in [2.05, 4.69) is 47.9 Å². The highest BCUT2D eigenvalue weighted by molar-refractivity contribution is 5.78. The Kier molecular flexibility index (Phi) is 6.52. The average molecular weight is 343 g/mol. The minimum atomic E-state index is 0.304. The normalized spacial score (nSPS) is 23.4. The van der Waals surface area contributed by atoms with Crippen LogP contribution in [0.1, 0.15) is 50.2 Å². The lowest BCUT2D eigenvalue weighted by molar-refractivity contribution is -0.130. The van der Waals surface area contributed by atoms with Crippen molar-refractivity contribution in [3.8, 4) is 0 Å². The summed E-state index contributed by atoms with van der Waals surface area (Å²) in [7, 11) is 0. The van der Waals surface area contributed by atoms with Crippen molar-refractivity contribution in [1.29, 1.82) is 0 Å². The van der Waals surface area contributed by atoms with Crippen molar-refractivity contribution in [2.24, 2.45) is 11.8 Å². The molecule has 2 fully saturated rings. The number of hydrogen-bond donors (Lipinski definition) is 0. The molecule has 2 saturated heterocycles. The van der Waals surface area contributed by atoms with Gasteiger partial charge >= 0.3 is 0 Å². The molecule has 2 heterocycles. The molecule has 0 aromatic heterocycles. The van der Waals surface area contributed by atoms with Gasteiger partial charge in [-0.1, -0.05) is 36.8 Å². The van der Waals surface area contributed by atoms with Crippen LogP contribution >= 0.6 is 0 Å². The van der Waals surface area contributed by atoms with E-state index in [9.17, 15) is 4.79 Å². The third-order valence-corrected chi connectivity index (χ3v) is 6.03. The van der Waals surface area contributed by atoms with E-state index in [0.717, 1.165) is 36.9 Å². The van der Waals surface area contributed by atoms with Crippen molar-refractivity contribution < 1.29 is 4.79 Å². The van der Waals surface area contributed by atoms with E-state index in [1.54, 1.807) is 0 Å². The Hall–Kier alpha value is -1.35. The topological polar surface area (TPSA) is 23.6 Å². The monoisotopic (exact) mass is 342 g/mol. The molecule has 0 radical (unpaired) electrons. The number of hydrogen-bond acceptors (Lipinski definition) is 2. The smallest absolute Gasteiger partial charge is 0.226 e. The van der Waals surface area contributed by atoms with Gasteiger partial charge in [-0.2, -0.15) is 0 Å². The van der Waals surface area contributed by atoms with Gasteiger partial charge in [0.1, 0.15) is 0 Å². The van der Waals surface area contributed by atoms with Gasteiger partial charge in [0.15, 0.2) is 0 Å². The second-order valence-electron chi connectivity index (χ2n) is 8.33. The maximum atomic E-state index is 12.7. The Morgan fingerprint density at radius 1 is 1.08 bits per heavy atom. The molecule has 0 spiro atoms. The van der Waals surface area contributed by atoms with Crippen molar-refractivity contribution in [2.45, 2.75) is 52.4 Å². The minimum absolute atomic E-state index is 0.304. The van der Waals surface area contributed by atoms with Crippen LogP contribution in [-0.4, -0.2) is 48.4 Å². The molecule has 3 heteroatoms. The molecular weight excluding hydrogens is 308 g/mol. The summed E-state index contributed by atoms with van der Waals surface area (Å²) >= 11 is 0. The first-order chi connectivity index (χ1) is 12.1. The summed E-state index contributed by atoms with van der Waals surface area (Å²) in [4.78, 5) is 17.5. The van der Waals surface area contributed by atoms with Crippen LogP contribution in [0.3, 0.4) is 0 Å². The van der Waals surface area contributed by atoms with Crippen molar-refractivity contribution in [1.82, 2.24) is 9.80 Å². The number of aryl methyl sites for hydroxylation is 1. The van der Waals surface area contributed by atoms with Gasteiger partial charge in [-0.25, -0.2) is 0 Å². The van der Waals surface area contributed by atoms with Crippen LogP contribution in [0.2, 0.25) is 0 Å². The fourth-order valence-corrected chi connectivity index (χ4v) is 4.32. The fraction of sp³-hybridized carbons (Fsp3) is 0.682. The molecule has 3 nitrogen and oxygen atoms in total. The molecule has 1 aromatic carbocycles. The van der Waals surface area contributed by atoms with Crippen LogP contribution in [0.25, 0.3) is 0 Å². The van der Waals surface area contributed by atoms with Crippen LogP contribution in [0.4, 0.5) is 0 Å². The van der Waals surface area contributed by atoms with Crippen molar-refractivity contribution >= 4 is 5.91 Å². The molecule has 1 unspecified atom stereocenters. The molecule has 2 aliphatic heterocycles. The van der Waals surface area contributed by atoms with E-state index >= 15 is 0 Å². The van der Waals surface area contributed by atoms with E-state index in [-0.39, 0.29) is 0 Å². The predicted octanol–water partition coefficient (Wildman–Crippen LogP) is 3.90. The zero-order valence-electron chi connectivity index (χ0n) is 16.0. The SMILES string of the molecule is Cc1cccc(CC(=O)N2CCCC(CN3CCC(C)CC3)CC2)c1. The number of nitrogens with zero attached hydrogens (tertiary/aromatic N) is 2. The molecule has 0 aliphatic carbocycles. The molecule has 0 saturated carbocycles. The number of likely N-dealkylation sites (tertiary alicyclic amines) is 2. The summed E-state index contributed by atoms with van der Waals surface area (Å²) in [5.74, 6) is 1.98. The Morgan fingerprint density at radius 3 is 2.64 bits per heavy atom. The molecule has 138 valence electrons. The lowest BCUT2D eigenvalue weighted by Crippen LogP contribution is -2.37. The highest BCUT2D eigenvalue weighted by atomic mass is 16.2. The first-order valence-electron chi connectivity index (χ1n) is 10.2. The highest BCUT2D eigenvalue weighted by Crippen LogP contribution is 2.23. The molecule has 1 aromatic rings. The molecule has 3 rings (SSSR count). The second kappa shape index (κ2) is 8.84. The molecular formula is C22H34N2O. The number of benzene rings is 1. The summed E-state index contributed by atoms with van der Waals surface area (Å²) < 4.78 is 0. The van der Waals surface area contributed by atoms with Gasteiger partial charge in [0.25, 0.3) is 0 Å². The van der Waals surface area contributed by atoms with Gasteiger partial charge in [-0.05, 0) is 69.5 Å². The first-order valence-corrected chi connectivity index (χ1v) is 10.2. The van der Waals surface area contributed by atoms with Crippen LogP contribution in [0.5, 0.6) is 0 Å². The Labute approximate surface area is 153 Å². The lowest BCUT2D eigenvalue weighted by atomic mass is 9.95. The number of carbonyl (C=O) groups is 1. The van der Waals surface area contributed by atoms with Crippen LogP contribution < -0.4 is 0 Å². The Bertz CT molecular complexity index is 563. The molecule has 2 aliphatic rings. The molecule has 0 N–H and O–H groups in total. The standard InChI is InChI=1S/C22H34N2O/c1-18-8-12-23(13-9-18)17-20-7-4-11-24(14-10-20)22(25)16-21-6-3-5-19(2)15-21/h3,5-6,15,18,20H,4,7-14,16-17H2,1-2H3. The zero-order chi connectivity index (χ0) is 17.6. The largest absolute Gasteiger partial charge is 0.342 e. The predicted molar refractivity (Wildman–Crippen MR) is 104 cm³/mol. The van der Waals surface area contributed by atoms with Gasteiger partial charge in [0, 0.05) is 19.6 Å². The van der Waals surface area contributed by atoms with Gasteiger partial charge in [0.05, 0.1) is 6.42 Å². The van der Waals surface area contributed by atoms with Crippen molar-refractivity contribution in [2.75, 3.05) is 32.7 Å². The van der Waals surface area contributed by atoms with Crippen LogP contribution in [0, 0.1) is 18.8 Å². The van der Waals surface area contributed by atoms with Gasteiger partial charge in [0.2, 0.25) is 5.91 Å². The molecule has 1 amide bonds. The van der Waals surface area contributed by atoms with Crippen LogP contribution in [-0.2, 0) is 11.2 Å². The van der Waals surface area contributed by atoms with E-state index in [4.69, 9.17) is 0 Å². The van der Waals surface area contributed by atoms with Crippen molar-refractivity contribution in [3.63, 3.8) is 0 Å². The van der Waals surface area contributed by atoms with Gasteiger partial charge < -0.3 is 9.80 Å². The minimum Gasteiger partial charge on any atom is -0.342 e. The third-order valence-electron chi connectivity index (χ3n) is 6.03. The Morgan fingerprint density at radius 2 is 1.88 bits per heavy atom. The second-order valence-corrected chi connectivity index (χ2v) is 8.33. The van der Waals surface area contributed by atoms with Gasteiger partial charge in [-0.3, -0.25) is 4.79 Å². The number of rotatable bonds is 4. The summed E-state index contributed by atoms with van der Waals surface area (Å²) in [6.45, 7) is 10.1. The van der Waals surface area contributed by atoms with Crippen molar-refractivity contribution in [3.05, 3.63) is 35.4 Å². The summed E-state index contributed by atoms with van der Waals surface area (Å²) in [6.07, 6.45) is 6.87. The maximum Gasteiger partial charge on any atom is 0.226 e. The average Bonchev–Trinajstić information content (AvgIpc) is 2.83. The van der Waals surface area contributed by atoms with E-state index in [1.165, 1.54) is 50.9 Å². The lowest BCUT2D eigenvalue weighted by Gasteiger charge is -2.32. The number of amides is 1. The van der Waals surface area contributed by atoms with E-state index < -0.39 is 0 Å². The number of piperidine rings is 1. The third kappa shape index (κ3) is 5.57. The quantitative estimate of drug-likeness (QED) is 0.828. The Balaban J connectivity index is 1.47. The maximum absolute atomic E-state index is 12.7. The first kappa shape index (κ1) is 18.4. The molecule has 25 heavy (non-hydrogen) atoms. The fourth-order valence-electron chi connectivity index (χ4n) is 4.32. The van der Waals surface area contributed by atoms with Gasteiger partial charge in [-0.15, -0.1) is 0 Å². The zero-order valence-corrected chi connectivity index (χ0v) is 16.0. The van der Waals surface area contributed by atoms with E-state index in [1.807, 2.05) is 0 Å². The number of carbonyl (C=O) groups excluding carboxylic acids is 1. The summed E-state index contributed by atoms with van der Waals surface area (Å²) in [6, 6.07) is 8.35. The molecule has 0 bridgehead atoms. The molecule has 1 atom stereocenters. The van der Waals surface area contributed by atoms with Crippen LogP contribution in [0.15, 0.2) is 24.3 Å². The summed E-state index contributed by atoms with van der Waals surface area (Å²) in [5.41, 5.74) is 2.38. The van der Waals surface area contributed by atoms with E-state index in [0.29, 0.717) is 12.3 Å². The summed E-state index contributed by atoms with van der Waals surface area (Å²) in [5, 5.41) is 0. The highest BCUT2D eigenvalue weighted by Gasteiger charge is 2.24.